The van der Waals surface area contributed by atoms with E-state index in [1.807, 2.05) is 0 Å². The standard InChI is InChI=1S/C13H13F3N2O5/c14-13(15,16)7-23-10-5-8(1-2-17-10)11(19)18-3-4-22-9(6-18)12(20)21/h1-2,5,9H,3-4,6-7H2,(H,20,21). The van der Waals surface area contributed by atoms with E-state index < -0.39 is 30.8 Å². The number of morpholine rings is 1. The monoisotopic (exact) mass is 334 g/mol. The van der Waals surface area contributed by atoms with Gasteiger partial charge in [0, 0.05) is 24.4 Å². The van der Waals surface area contributed by atoms with Crippen LogP contribution in [-0.2, 0) is 9.53 Å². The van der Waals surface area contributed by atoms with Crippen molar-refractivity contribution in [2.24, 2.45) is 0 Å². The first-order valence-corrected chi connectivity index (χ1v) is 6.55. The number of amides is 1. The average molecular weight is 334 g/mol. The summed E-state index contributed by atoms with van der Waals surface area (Å²) in [6, 6.07) is 2.40. The van der Waals surface area contributed by atoms with Gasteiger partial charge in [-0.05, 0) is 6.07 Å². The van der Waals surface area contributed by atoms with Gasteiger partial charge in [-0.3, -0.25) is 4.79 Å². The van der Waals surface area contributed by atoms with Crippen LogP contribution in [0.3, 0.4) is 0 Å². The van der Waals surface area contributed by atoms with Crippen LogP contribution in [0.15, 0.2) is 18.3 Å². The molecule has 1 aromatic heterocycles. The highest BCUT2D eigenvalue weighted by atomic mass is 19.4. The molecule has 0 aliphatic carbocycles. The van der Waals surface area contributed by atoms with Crippen LogP contribution >= 0.6 is 0 Å². The highest BCUT2D eigenvalue weighted by Crippen LogP contribution is 2.18. The van der Waals surface area contributed by atoms with E-state index in [0.717, 1.165) is 12.3 Å². The maximum atomic E-state index is 12.3. The second-order valence-electron chi connectivity index (χ2n) is 4.74. The SMILES string of the molecule is O=C(O)C1CN(C(=O)c2ccnc(OCC(F)(F)F)c2)CCO1. The molecular formula is C13H13F3N2O5. The van der Waals surface area contributed by atoms with Crippen molar-refractivity contribution in [3.8, 4) is 5.88 Å². The summed E-state index contributed by atoms with van der Waals surface area (Å²) in [7, 11) is 0. The molecule has 1 saturated heterocycles. The molecule has 23 heavy (non-hydrogen) atoms. The molecule has 0 saturated carbocycles. The Labute approximate surface area is 128 Å². The van der Waals surface area contributed by atoms with Crippen LogP contribution in [0.2, 0.25) is 0 Å². The fraction of sp³-hybridized carbons (Fsp3) is 0.462. The Hall–Kier alpha value is -2.36. The molecule has 1 N–H and O–H groups in total. The fourth-order valence-corrected chi connectivity index (χ4v) is 1.94. The number of hydrogen-bond acceptors (Lipinski definition) is 5. The summed E-state index contributed by atoms with van der Waals surface area (Å²) >= 11 is 0. The number of pyridine rings is 1. The summed E-state index contributed by atoms with van der Waals surface area (Å²) in [6.07, 6.45) is -4.50. The number of carbonyl (C=O) groups excluding carboxylic acids is 1. The van der Waals surface area contributed by atoms with Crippen molar-refractivity contribution < 1.29 is 37.3 Å². The average Bonchev–Trinajstić information content (AvgIpc) is 2.52. The van der Waals surface area contributed by atoms with Gasteiger partial charge in [-0.1, -0.05) is 0 Å². The zero-order chi connectivity index (χ0) is 17.0. The summed E-state index contributed by atoms with van der Waals surface area (Å²) in [5, 5.41) is 8.90. The van der Waals surface area contributed by atoms with Crippen LogP contribution < -0.4 is 4.74 Å². The molecule has 1 aliphatic heterocycles. The van der Waals surface area contributed by atoms with Crippen molar-refractivity contribution in [3.05, 3.63) is 23.9 Å². The number of carboxylic acids is 1. The molecule has 1 aromatic rings. The maximum Gasteiger partial charge on any atom is 0.422 e. The Morgan fingerprint density at radius 2 is 2.22 bits per heavy atom. The molecule has 10 heteroatoms. The number of rotatable bonds is 4. The molecule has 1 atom stereocenters. The third-order valence-corrected chi connectivity index (χ3v) is 2.99. The minimum absolute atomic E-state index is 0.0585. The number of nitrogens with zero attached hydrogens (tertiary/aromatic N) is 2. The Balaban J connectivity index is 2.06. The van der Waals surface area contributed by atoms with Crippen LogP contribution in [0.4, 0.5) is 13.2 Å². The van der Waals surface area contributed by atoms with Crippen molar-refractivity contribution in [1.82, 2.24) is 9.88 Å². The first-order chi connectivity index (χ1) is 10.8. The smallest absolute Gasteiger partial charge is 0.422 e. The summed E-state index contributed by atoms with van der Waals surface area (Å²) in [5.74, 6) is -2.05. The lowest BCUT2D eigenvalue weighted by molar-refractivity contribution is -0.155. The Morgan fingerprint density at radius 3 is 2.87 bits per heavy atom. The van der Waals surface area contributed by atoms with Gasteiger partial charge in [0.15, 0.2) is 12.7 Å². The van der Waals surface area contributed by atoms with Crippen LogP contribution in [0.5, 0.6) is 5.88 Å². The van der Waals surface area contributed by atoms with E-state index in [9.17, 15) is 22.8 Å². The third-order valence-electron chi connectivity index (χ3n) is 2.99. The zero-order valence-corrected chi connectivity index (χ0v) is 11.7. The van der Waals surface area contributed by atoms with E-state index in [-0.39, 0.29) is 31.1 Å². The molecule has 0 radical (unpaired) electrons. The Bertz CT molecular complexity index is 593. The van der Waals surface area contributed by atoms with E-state index >= 15 is 0 Å². The number of aliphatic carboxylic acids is 1. The van der Waals surface area contributed by atoms with Crippen LogP contribution in [0, 0.1) is 0 Å². The molecule has 2 rings (SSSR count). The van der Waals surface area contributed by atoms with Crippen molar-refractivity contribution in [2.75, 3.05) is 26.3 Å². The van der Waals surface area contributed by atoms with E-state index in [1.165, 1.54) is 11.0 Å². The summed E-state index contributed by atoms with van der Waals surface area (Å²) < 4.78 is 45.8. The second-order valence-corrected chi connectivity index (χ2v) is 4.74. The minimum atomic E-state index is -4.51. The number of ether oxygens (including phenoxy) is 2. The van der Waals surface area contributed by atoms with E-state index in [1.54, 1.807) is 0 Å². The topological polar surface area (TPSA) is 89.0 Å². The van der Waals surface area contributed by atoms with Gasteiger partial charge < -0.3 is 19.5 Å². The zero-order valence-electron chi connectivity index (χ0n) is 11.7. The first-order valence-electron chi connectivity index (χ1n) is 6.55. The molecule has 1 fully saturated rings. The summed E-state index contributed by atoms with van der Waals surface area (Å²) in [6.45, 7) is -1.42. The molecule has 0 aromatic carbocycles. The molecule has 1 amide bonds. The molecule has 2 heterocycles. The molecule has 0 bridgehead atoms. The lowest BCUT2D eigenvalue weighted by Gasteiger charge is -2.30. The van der Waals surface area contributed by atoms with Crippen LogP contribution in [-0.4, -0.2) is 65.5 Å². The molecule has 1 aliphatic rings. The predicted octanol–water partition coefficient (Wildman–Crippen LogP) is 0.948. The lowest BCUT2D eigenvalue weighted by Crippen LogP contribution is -2.48. The van der Waals surface area contributed by atoms with Gasteiger partial charge in [-0.15, -0.1) is 0 Å². The van der Waals surface area contributed by atoms with Gasteiger partial charge in [-0.25, -0.2) is 9.78 Å². The quantitative estimate of drug-likeness (QED) is 0.882. The summed E-state index contributed by atoms with van der Waals surface area (Å²) in [4.78, 5) is 28.0. The number of aromatic nitrogens is 1. The number of hydrogen-bond donors (Lipinski definition) is 1. The van der Waals surface area contributed by atoms with Crippen LogP contribution in [0.25, 0.3) is 0 Å². The molecule has 126 valence electrons. The van der Waals surface area contributed by atoms with Crippen LogP contribution in [0.1, 0.15) is 10.4 Å². The Morgan fingerprint density at radius 1 is 1.48 bits per heavy atom. The number of halogens is 3. The van der Waals surface area contributed by atoms with E-state index in [0.29, 0.717) is 0 Å². The van der Waals surface area contributed by atoms with Gasteiger partial charge >= 0.3 is 12.1 Å². The lowest BCUT2D eigenvalue weighted by atomic mass is 10.2. The largest absolute Gasteiger partial charge is 0.479 e. The second kappa shape index (κ2) is 6.82. The van der Waals surface area contributed by atoms with E-state index in [4.69, 9.17) is 9.84 Å². The van der Waals surface area contributed by atoms with Crippen molar-refractivity contribution in [1.29, 1.82) is 0 Å². The van der Waals surface area contributed by atoms with E-state index in [2.05, 4.69) is 9.72 Å². The first kappa shape index (κ1) is 17.0. The minimum Gasteiger partial charge on any atom is -0.479 e. The number of carboxylic acid groups (broad SMARTS) is 1. The third kappa shape index (κ3) is 4.81. The number of carbonyl (C=O) groups is 2. The Kier molecular flexibility index (Phi) is 5.04. The van der Waals surface area contributed by atoms with Gasteiger partial charge in [0.05, 0.1) is 13.2 Å². The van der Waals surface area contributed by atoms with Gasteiger partial charge in [0.1, 0.15) is 0 Å². The molecular weight excluding hydrogens is 321 g/mol. The van der Waals surface area contributed by atoms with Gasteiger partial charge in [0.25, 0.3) is 5.91 Å². The van der Waals surface area contributed by atoms with Crippen molar-refractivity contribution in [2.45, 2.75) is 12.3 Å². The van der Waals surface area contributed by atoms with Crippen molar-refractivity contribution >= 4 is 11.9 Å². The summed E-state index contributed by atoms with van der Waals surface area (Å²) in [5.41, 5.74) is 0.0585. The number of alkyl halides is 3. The highest BCUT2D eigenvalue weighted by Gasteiger charge is 2.30. The molecule has 0 spiro atoms. The highest BCUT2D eigenvalue weighted by molar-refractivity contribution is 5.94. The van der Waals surface area contributed by atoms with Gasteiger partial charge in [0.2, 0.25) is 5.88 Å². The molecule has 7 nitrogen and oxygen atoms in total. The maximum absolute atomic E-state index is 12.3. The fourth-order valence-electron chi connectivity index (χ4n) is 1.94. The van der Waals surface area contributed by atoms with Crippen molar-refractivity contribution in [3.63, 3.8) is 0 Å². The molecule has 1 unspecified atom stereocenters. The van der Waals surface area contributed by atoms with Gasteiger partial charge in [-0.2, -0.15) is 13.2 Å². The predicted molar refractivity (Wildman–Crippen MR) is 69.1 cm³/mol. The normalized spacial score (nSPS) is 18.6.